The Kier molecular flexibility index (Phi) is 2.68. The molecule has 3 aromatic heterocycles. The first-order chi connectivity index (χ1) is 8.29. The Balaban J connectivity index is 2.29. The van der Waals surface area contributed by atoms with E-state index in [0.29, 0.717) is 16.2 Å². The number of furan rings is 1. The molecule has 3 aromatic rings. The number of rotatable bonds is 2. The Hall–Kier alpha value is -1.27. The molecule has 17 heavy (non-hydrogen) atoms. The van der Waals surface area contributed by atoms with E-state index < -0.39 is 0 Å². The lowest BCUT2D eigenvalue weighted by molar-refractivity contribution is 0.553. The monoisotopic (exact) mass is 309 g/mol. The van der Waals surface area contributed by atoms with E-state index in [0.717, 1.165) is 16.9 Å². The zero-order chi connectivity index (χ0) is 11.8. The van der Waals surface area contributed by atoms with Crippen LogP contribution in [0.2, 0.25) is 0 Å². The van der Waals surface area contributed by atoms with Gasteiger partial charge < -0.3 is 4.42 Å². The summed E-state index contributed by atoms with van der Waals surface area (Å²) in [5.74, 6) is 1.28. The number of fused-ring (bicyclic) bond motifs is 1. The molecule has 3 rings (SSSR count). The highest BCUT2D eigenvalue weighted by Gasteiger charge is 2.16. The highest BCUT2D eigenvalue weighted by atomic mass is 79.9. The minimum Gasteiger partial charge on any atom is -0.448 e. The Bertz CT molecular complexity index is 676. The van der Waals surface area contributed by atoms with Crippen LogP contribution in [0.4, 0.5) is 0 Å². The maximum atomic E-state index is 5.52. The molecule has 0 spiro atoms. The summed E-state index contributed by atoms with van der Waals surface area (Å²) >= 11 is 7.62. The SMILES string of the molecule is SCc1c(-c2ccc(Br)o2)nn2cccnc12. The summed E-state index contributed by atoms with van der Waals surface area (Å²) in [6.07, 6.45) is 3.60. The van der Waals surface area contributed by atoms with E-state index in [1.165, 1.54) is 0 Å². The average molecular weight is 310 g/mol. The van der Waals surface area contributed by atoms with Crippen LogP contribution in [0.3, 0.4) is 0 Å². The molecule has 86 valence electrons. The molecule has 0 saturated heterocycles. The summed E-state index contributed by atoms with van der Waals surface area (Å²) in [5, 5.41) is 4.46. The van der Waals surface area contributed by atoms with Crippen LogP contribution in [-0.2, 0) is 5.75 Å². The smallest absolute Gasteiger partial charge is 0.169 e. The predicted molar refractivity (Wildman–Crippen MR) is 71.1 cm³/mol. The third-order valence-corrected chi connectivity index (χ3v) is 3.20. The van der Waals surface area contributed by atoms with E-state index >= 15 is 0 Å². The van der Waals surface area contributed by atoms with Gasteiger partial charge in [0.25, 0.3) is 0 Å². The minimum absolute atomic E-state index is 0.564. The predicted octanol–water partition coefficient (Wildman–Crippen LogP) is 3.18. The van der Waals surface area contributed by atoms with E-state index in [-0.39, 0.29) is 0 Å². The molecule has 3 heterocycles. The van der Waals surface area contributed by atoms with Gasteiger partial charge in [-0.15, -0.1) is 0 Å². The zero-order valence-electron chi connectivity index (χ0n) is 8.67. The van der Waals surface area contributed by atoms with Crippen molar-refractivity contribution in [2.75, 3.05) is 0 Å². The van der Waals surface area contributed by atoms with Crippen molar-refractivity contribution in [3.8, 4) is 11.5 Å². The molecule has 0 saturated carbocycles. The van der Waals surface area contributed by atoms with Gasteiger partial charge in [0, 0.05) is 23.7 Å². The molecule has 0 aliphatic rings. The van der Waals surface area contributed by atoms with Crippen molar-refractivity contribution < 1.29 is 4.42 Å². The second-order valence-corrected chi connectivity index (χ2v) is 4.57. The molecule has 4 nitrogen and oxygen atoms in total. The quantitative estimate of drug-likeness (QED) is 0.739. The summed E-state index contributed by atoms with van der Waals surface area (Å²) in [4.78, 5) is 4.30. The van der Waals surface area contributed by atoms with Crippen LogP contribution in [0.1, 0.15) is 5.56 Å². The normalized spacial score (nSPS) is 11.2. The Morgan fingerprint density at radius 2 is 2.29 bits per heavy atom. The maximum Gasteiger partial charge on any atom is 0.169 e. The van der Waals surface area contributed by atoms with Gasteiger partial charge in [-0.2, -0.15) is 17.7 Å². The maximum absolute atomic E-state index is 5.52. The van der Waals surface area contributed by atoms with Crippen LogP contribution in [-0.4, -0.2) is 14.6 Å². The van der Waals surface area contributed by atoms with Gasteiger partial charge in [0.1, 0.15) is 5.69 Å². The largest absolute Gasteiger partial charge is 0.448 e. The number of halogens is 1. The van der Waals surface area contributed by atoms with Gasteiger partial charge in [-0.05, 0) is 34.1 Å². The number of hydrogen-bond acceptors (Lipinski definition) is 4. The van der Waals surface area contributed by atoms with Crippen molar-refractivity contribution in [3.63, 3.8) is 0 Å². The molecule has 0 aromatic carbocycles. The Labute approximate surface area is 111 Å². The first kappa shape index (κ1) is 10.9. The molecular formula is C11H8BrN3OS. The van der Waals surface area contributed by atoms with E-state index in [9.17, 15) is 0 Å². The summed E-state index contributed by atoms with van der Waals surface area (Å²) in [7, 11) is 0. The van der Waals surface area contributed by atoms with Crippen LogP contribution in [0.25, 0.3) is 17.1 Å². The van der Waals surface area contributed by atoms with Crippen LogP contribution >= 0.6 is 28.6 Å². The lowest BCUT2D eigenvalue weighted by Gasteiger charge is -1.94. The summed E-state index contributed by atoms with van der Waals surface area (Å²) in [6, 6.07) is 5.55. The Morgan fingerprint density at radius 3 is 3.00 bits per heavy atom. The van der Waals surface area contributed by atoms with Crippen molar-refractivity contribution in [1.82, 2.24) is 14.6 Å². The van der Waals surface area contributed by atoms with Crippen LogP contribution in [0, 0.1) is 0 Å². The molecule has 0 unspecified atom stereocenters. The molecule has 0 amide bonds. The molecule has 0 N–H and O–H groups in total. The molecule has 0 atom stereocenters. The van der Waals surface area contributed by atoms with E-state index in [1.807, 2.05) is 24.4 Å². The summed E-state index contributed by atoms with van der Waals surface area (Å²) in [6.45, 7) is 0. The lowest BCUT2D eigenvalue weighted by atomic mass is 10.2. The minimum atomic E-state index is 0.564. The number of thiol groups is 1. The van der Waals surface area contributed by atoms with Crippen molar-refractivity contribution >= 4 is 34.2 Å². The third kappa shape index (κ3) is 1.77. The van der Waals surface area contributed by atoms with E-state index in [2.05, 4.69) is 38.6 Å². The van der Waals surface area contributed by atoms with Gasteiger partial charge in [-0.1, -0.05) is 0 Å². The standard InChI is InChI=1S/C11H8BrN3OS/c12-9-3-2-8(16-9)10-7(6-17)11-13-4-1-5-15(11)14-10/h1-5,17H,6H2. The second-order valence-electron chi connectivity index (χ2n) is 3.48. The molecule has 0 aliphatic carbocycles. The van der Waals surface area contributed by atoms with Crippen LogP contribution in [0.5, 0.6) is 0 Å². The molecule has 0 radical (unpaired) electrons. The first-order valence-electron chi connectivity index (χ1n) is 4.98. The fourth-order valence-corrected chi connectivity index (χ4v) is 2.32. The van der Waals surface area contributed by atoms with Gasteiger partial charge in [0.05, 0.1) is 0 Å². The third-order valence-electron chi connectivity index (χ3n) is 2.46. The van der Waals surface area contributed by atoms with Crippen LogP contribution in [0.15, 0.2) is 39.7 Å². The van der Waals surface area contributed by atoms with Crippen LogP contribution < -0.4 is 0 Å². The number of aromatic nitrogens is 3. The highest BCUT2D eigenvalue weighted by Crippen LogP contribution is 2.29. The zero-order valence-corrected chi connectivity index (χ0v) is 11.1. The van der Waals surface area contributed by atoms with Crippen molar-refractivity contribution in [2.45, 2.75) is 5.75 Å². The first-order valence-corrected chi connectivity index (χ1v) is 6.41. The van der Waals surface area contributed by atoms with E-state index in [4.69, 9.17) is 4.42 Å². The van der Waals surface area contributed by atoms with Gasteiger partial charge in [0.15, 0.2) is 16.1 Å². The van der Waals surface area contributed by atoms with Gasteiger partial charge >= 0.3 is 0 Å². The molecule has 0 bridgehead atoms. The molecular weight excluding hydrogens is 302 g/mol. The van der Waals surface area contributed by atoms with Crippen molar-refractivity contribution in [3.05, 3.63) is 40.8 Å². The van der Waals surface area contributed by atoms with Gasteiger partial charge in [0.2, 0.25) is 0 Å². The van der Waals surface area contributed by atoms with Gasteiger partial charge in [-0.3, -0.25) is 0 Å². The fraction of sp³-hybridized carbons (Fsp3) is 0.0909. The fourth-order valence-electron chi connectivity index (χ4n) is 1.72. The number of nitrogens with zero attached hydrogens (tertiary/aromatic N) is 3. The summed E-state index contributed by atoms with van der Waals surface area (Å²) < 4.78 is 7.94. The van der Waals surface area contributed by atoms with E-state index in [1.54, 1.807) is 10.7 Å². The van der Waals surface area contributed by atoms with Gasteiger partial charge in [-0.25, -0.2) is 9.50 Å². The Morgan fingerprint density at radius 1 is 1.41 bits per heavy atom. The van der Waals surface area contributed by atoms with Crippen molar-refractivity contribution in [1.29, 1.82) is 0 Å². The average Bonchev–Trinajstić information content (AvgIpc) is 2.91. The topological polar surface area (TPSA) is 43.3 Å². The number of hydrogen-bond donors (Lipinski definition) is 1. The lowest BCUT2D eigenvalue weighted by Crippen LogP contribution is -1.87. The molecule has 0 aliphatic heterocycles. The molecule has 0 fully saturated rings. The molecule has 6 heteroatoms. The highest BCUT2D eigenvalue weighted by molar-refractivity contribution is 9.10. The second kappa shape index (κ2) is 4.19. The van der Waals surface area contributed by atoms with Crippen molar-refractivity contribution in [2.24, 2.45) is 0 Å². The summed E-state index contributed by atoms with van der Waals surface area (Å²) in [5.41, 5.74) is 2.56.